The second kappa shape index (κ2) is 8.34. The number of esters is 1. The van der Waals surface area contributed by atoms with Crippen molar-refractivity contribution in [3.05, 3.63) is 24.3 Å². The lowest BCUT2D eigenvalue weighted by atomic mass is 10.2. The number of ether oxygens (including phenoxy) is 2. The molecule has 128 valence electrons. The molecular weight excluding hydrogens is 336 g/mol. The number of imide groups is 1. The van der Waals surface area contributed by atoms with Gasteiger partial charge >= 0.3 is 12.1 Å². The van der Waals surface area contributed by atoms with E-state index in [-0.39, 0.29) is 18.9 Å². The first-order valence-electron chi connectivity index (χ1n) is 7.18. The van der Waals surface area contributed by atoms with Crippen molar-refractivity contribution in [2.45, 2.75) is 23.5 Å². The first-order chi connectivity index (χ1) is 11.5. The van der Waals surface area contributed by atoms with Crippen LogP contribution in [0.5, 0.6) is 0 Å². The average molecular weight is 352 g/mol. The van der Waals surface area contributed by atoms with Gasteiger partial charge in [-0.3, -0.25) is 19.7 Å². The second-order valence-corrected chi connectivity index (χ2v) is 5.97. The lowest BCUT2D eigenvalue weighted by molar-refractivity contribution is -0.148. The summed E-state index contributed by atoms with van der Waals surface area (Å²) in [7, 11) is 0. The molecule has 3 amide bonds. The number of hydrogen-bond acceptors (Lipinski definition) is 7. The Hall–Kier alpha value is -2.55. The molecule has 1 aromatic carbocycles. The third-order valence-corrected chi connectivity index (χ3v) is 4.22. The Morgan fingerprint density at radius 3 is 2.75 bits per heavy atom. The van der Waals surface area contributed by atoms with E-state index >= 15 is 0 Å². The van der Waals surface area contributed by atoms with Gasteiger partial charge in [0.1, 0.15) is 0 Å². The van der Waals surface area contributed by atoms with Gasteiger partial charge in [-0.1, -0.05) is 12.1 Å². The van der Waals surface area contributed by atoms with Crippen LogP contribution in [0.2, 0.25) is 0 Å². The molecule has 0 saturated heterocycles. The molecule has 8 nitrogen and oxygen atoms in total. The lowest BCUT2D eigenvalue weighted by Gasteiger charge is -2.23. The van der Waals surface area contributed by atoms with Gasteiger partial charge in [0.15, 0.2) is 6.61 Å². The number of anilines is 1. The molecule has 0 aromatic heterocycles. The van der Waals surface area contributed by atoms with Gasteiger partial charge in [-0.05, 0) is 19.1 Å². The Kier molecular flexibility index (Phi) is 6.19. The summed E-state index contributed by atoms with van der Waals surface area (Å²) in [6.07, 6.45) is -1.09. The smallest absolute Gasteiger partial charge is 0.413 e. The van der Waals surface area contributed by atoms with Crippen molar-refractivity contribution < 1.29 is 28.7 Å². The van der Waals surface area contributed by atoms with Crippen LogP contribution in [0.3, 0.4) is 0 Å². The fourth-order valence-electron chi connectivity index (χ4n) is 1.90. The number of thioether (sulfide) groups is 1. The summed E-state index contributed by atoms with van der Waals surface area (Å²) in [6.45, 7) is 1.09. The molecule has 0 fully saturated rings. The van der Waals surface area contributed by atoms with E-state index in [4.69, 9.17) is 4.74 Å². The van der Waals surface area contributed by atoms with E-state index in [1.807, 2.05) is 17.4 Å². The maximum Gasteiger partial charge on any atom is 0.413 e. The fourth-order valence-corrected chi connectivity index (χ4v) is 3.00. The minimum atomic E-state index is -0.905. The minimum absolute atomic E-state index is 0.119. The van der Waals surface area contributed by atoms with Crippen LogP contribution in [-0.4, -0.2) is 42.3 Å². The first-order valence-corrected chi connectivity index (χ1v) is 8.06. The van der Waals surface area contributed by atoms with Gasteiger partial charge in [-0.2, -0.15) is 0 Å². The molecule has 0 bridgehead atoms. The third-order valence-electron chi connectivity index (χ3n) is 2.94. The van der Waals surface area contributed by atoms with Gasteiger partial charge < -0.3 is 14.8 Å². The van der Waals surface area contributed by atoms with E-state index in [1.165, 1.54) is 11.8 Å². The van der Waals surface area contributed by atoms with Crippen LogP contribution in [0.25, 0.3) is 0 Å². The Labute approximate surface area is 142 Å². The molecule has 9 heteroatoms. The number of hydrogen-bond donors (Lipinski definition) is 2. The zero-order valence-electron chi connectivity index (χ0n) is 12.9. The fraction of sp³-hybridized carbons (Fsp3) is 0.333. The van der Waals surface area contributed by atoms with Crippen LogP contribution in [0.4, 0.5) is 10.5 Å². The number of benzene rings is 1. The molecule has 0 unspecified atom stereocenters. The number of rotatable bonds is 5. The summed E-state index contributed by atoms with van der Waals surface area (Å²) in [5.41, 5.74) is 0.700. The highest BCUT2D eigenvalue weighted by Crippen LogP contribution is 2.36. The highest BCUT2D eigenvalue weighted by atomic mass is 32.2. The summed E-state index contributed by atoms with van der Waals surface area (Å²) in [5, 5.41) is 3.97. The largest absolute Gasteiger partial charge is 0.456 e. The third kappa shape index (κ3) is 4.98. The topological polar surface area (TPSA) is 111 Å². The van der Waals surface area contributed by atoms with Crippen LogP contribution < -0.4 is 10.6 Å². The van der Waals surface area contributed by atoms with E-state index in [2.05, 4.69) is 10.1 Å². The summed E-state index contributed by atoms with van der Waals surface area (Å²) in [4.78, 5) is 47.0. The molecule has 1 heterocycles. The van der Waals surface area contributed by atoms with Gasteiger partial charge in [-0.15, -0.1) is 11.8 Å². The molecule has 1 aliphatic rings. The van der Waals surface area contributed by atoms with Crippen molar-refractivity contribution in [1.29, 1.82) is 0 Å². The number of alkyl carbamates (subject to hydrolysis) is 1. The number of carbonyl (C=O) groups excluding carboxylic acids is 4. The molecule has 0 saturated carbocycles. The van der Waals surface area contributed by atoms with Crippen LogP contribution in [0.1, 0.15) is 13.3 Å². The van der Waals surface area contributed by atoms with Crippen molar-refractivity contribution in [2.24, 2.45) is 0 Å². The van der Waals surface area contributed by atoms with Crippen molar-refractivity contribution in [2.75, 3.05) is 18.5 Å². The molecule has 0 spiro atoms. The van der Waals surface area contributed by atoms with E-state index in [0.717, 1.165) is 4.90 Å². The summed E-state index contributed by atoms with van der Waals surface area (Å²) in [5.74, 6) is -1.81. The number of nitrogens with one attached hydrogen (secondary N) is 2. The minimum Gasteiger partial charge on any atom is -0.456 e. The highest BCUT2D eigenvalue weighted by Gasteiger charge is 2.29. The molecule has 2 N–H and O–H groups in total. The molecule has 1 aliphatic heterocycles. The molecule has 0 radical (unpaired) electrons. The van der Waals surface area contributed by atoms with Crippen molar-refractivity contribution >= 4 is 41.3 Å². The van der Waals surface area contributed by atoms with Gasteiger partial charge in [0, 0.05) is 4.90 Å². The van der Waals surface area contributed by atoms with E-state index in [0.29, 0.717) is 5.69 Å². The number of fused-ring (bicyclic) bond motifs is 1. The standard InChI is InChI=1S/C15H16N2O6S/c1-2-22-15(21)17-12(18)8-23-13(19)7-11-14(20)16-9-5-3-4-6-10(9)24-11/h3-6,11H,2,7-8H2,1H3,(H,16,20)(H,17,18,21)/t11-/m1/s1. The molecule has 1 atom stereocenters. The lowest BCUT2D eigenvalue weighted by Crippen LogP contribution is -2.35. The second-order valence-electron chi connectivity index (χ2n) is 4.73. The van der Waals surface area contributed by atoms with Gasteiger partial charge in [0.05, 0.1) is 24.0 Å². The molecule has 2 rings (SSSR count). The first kappa shape index (κ1) is 17.8. The van der Waals surface area contributed by atoms with Crippen LogP contribution >= 0.6 is 11.8 Å². The zero-order chi connectivity index (χ0) is 17.5. The van der Waals surface area contributed by atoms with Crippen molar-refractivity contribution in [3.63, 3.8) is 0 Å². The number of amides is 3. The average Bonchev–Trinajstić information content (AvgIpc) is 2.54. The number of carbonyl (C=O) groups is 4. The summed E-state index contributed by atoms with van der Waals surface area (Å²) < 4.78 is 9.29. The van der Waals surface area contributed by atoms with E-state index < -0.39 is 29.8 Å². The normalized spacial score (nSPS) is 15.7. The quantitative estimate of drug-likeness (QED) is 0.769. The SMILES string of the molecule is CCOC(=O)NC(=O)COC(=O)C[C@H]1Sc2ccccc2NC1=O. The summed E-state index contributed by atoms with van der Waals surface area (Å²) in [6, 6.07) is 7.24. The molecular formula is C15H16N2O6S. The van der Waals surface area contributed by atoms with Gasteiger partial charge in [0.25, 0.3) is 5.91 Å². The Bertz CT molecular complexity index is 663. The van der Waals surface area contributed by atoms with Crippen molar-refractivity contribution in [3.8, 4) is 0 Å². The van der Waals surface area contributed by atoms with E-state index in [1.54, 1.807) is 19.1 Å². The Balaban J connectivity index is 1.79. The van der Waals surface area contributed by atoms with Crippen LogP contribution in [0, 0.1) is 0 Å². The maximum atomic E-state index is 12.0. The Morgan fingerprint density at radius 2 is 2.00 bits per heavy atom. The maximum absolute atomic E-state index is 12.0. The molecule has 0 aliphatic carbocycles. The molecule has 24 heavy (non-hydrogen) atoms. The van der Waals surface area contributed by atoms with Crippen molar-refractivity contribution in [1.82, 2.24) is 5.32 Å². The van der Waals surface area contributed by atoms with Crippen LogP contribution in [0.15, 0.2) is 29.2 Å². The van der Waals surface area contributed by atoms with Gasteiger partial charge in [0.2, 0.25) is 5.91 Å². The van der Waals surface area contributed by atoms with Crippen LogP contribution in [-0.2, 0) is 23.9 Å². The number of para-hydroxylation sites is 1. The molecule has 1 aromatic rings. The Morgan fingerprint density at radius 1 is 1.25 bits per heavy atom. The summed E-state index contributed by atoms with van der Waals surface area (Å²) >= 11 is 1.26. The zero-order valence-corrected chi connectivity index (χ0v) is 13.7. The van der Waals surface area contributed by atoms with E-state index in [9.17, 15) is 19.2 Å². The monoisotopic (exact) mass is 352 g/mol. The predicted molar refractivity (Wildman–Crippen MR) is 85.5 cm³/mol. The predicted octanol–water partition coefficient (Wildman–Crippen LogP) is 1.31. The van der Waals surface area contributed by atoms with Gasteiger partial charge in [-0.25, -0.2) is 4.79 Å². The highest BCUT2D eigenvalue weighted by molar-refractivity contribution is 8.01.